The second-order valence-electron chi connectivity index (χ2n) is 18.8. The predicted octanol–water partition coefficient (Wildman–Crippen LogP) is 7.97. The summed E-state index contributed by atoms with van der Waals surface area (Å²) in [5, 5.41) is 15.8. The highest BCUT2D eigenvalue weighted by atomic mass is 32.2. The van der Waals surface area contributed by atoms with Crippen LogP contribution in [0.2, 0.25) is 10.1 Å². The molecule has 338 valence electrons. The second-order valence-corrected chi connectivity index (χ2v) is 29.3. The molecule has 0 saturated carbocycles. The van der Waals surface area contributed by atoms with E-state index in [1.165, 1.54) is 25.1 Å². The summed E-state index contributed by atoms with van der Waals surface area (Å²) in [6, 6.07) is 49.7. The summed E-state index contributed by atoms with van der Waals surface area (Å²) in [6.07, 6.45) is -0.921. The molecule has 65 heavy (non-hydrogen) atoms. The van der Waals surface area contributed by atoms with Gasteiger partial charge in [0.25, 0.3) is 26.7 Å². The van der Waals surface area contributed by atoms with Crippen LogP contribution in [0.4, 0.5) is 5.69 Å². The number of benzene rings is 6. The van der Waals surface area contributed by atoms with Gasteiger partial charge in [-0.2, -0.15) is 0 Å². The van der Waals surface area contributed by atoms with Gasteiger partial charge in [-0.3, -0.25) is 4.79 Å². The molecule has 6 aromatic rings. The van der Waals surface area contributed by atoms with E-state index < -0.39 is 60.8 Å². The summed E-state index contributed by atoms with van der Waals surface area (Å²) in [4.78, 5) is 26.8. The lowest BCUT2D eigenvalue weighted by molar-refractivity contribution is -0.132. The number of aliphatic hydroxyl groups excluding tert-OH is 1. The molecular formula is C53H59NO8SSi2. The number of fused-ring (bicyclic) bond motifs is 1. The Morgan fingerprint density at radius 2 is 1.11 bits per heavy atom. The zero-order valence-electron chi connectivity index (χ0n) is 38.4. The van der Waals surface area contributed by atoms with Crippen LogP contribution in [0.3, 0.4) is 0 Å². The lowest BCUT2D eigenvalue weighted by atomic mass is 9.88. The van der Waals surface area contributed by atoms with Crippen LogP contribution in [0, 0.1) is 6.92 Å². The van der Waals surface area contributed by atoms with Crippen molar-refractivity contribution < 1.29 is 36.7 Å². The van der Waals surface area contributed by atoms with Crippen molar-refractivity contribution in [1.82, 2.24) is 0 Å². The van der Waals surface area contributed by atoms with Crippen LogP contribution < -0.4 is 29.8 Å². The van der Waals surface area contributed by atoms with Crippen LogP contribution in [0.1, 0.15) is 77.0 Å². The quantitative estimate of drug-likeness (QED) is 0.0477. The molecule has 1 heterocycles. The van der Waals surface area contributed by atoms with Crippen molar-refractivity contribution in [2.45, 2.75) is 88.4 Å². The minimum Gasteiger partial charge on any atom is -0.426 e. The minimum absolute atomic E-state index is 0.0192. The number of rotatable bonds is 15. The Morgan fingerprint density at radius 3 is 1.51 bits per heavy atom. The molecule has 0 bridgehead atoms. The number of carbonyl (C=O) groups excluding carboxylic acids is 2. The topological polar surface area (TPSA) is 119 Å². The van der Waals surface area contributed by atoms with Gasteiger partial charge in [0.15, 0.2) is 6.23 Å². The highest BCUT2D eigenvalue weighted by molar-refractivity contribution is 7.92. The predicted molar refractivity (Wildman–Crippen MR) is 263 cm³/mol. The van der Waals surface area contributed by atoms with Crippen molar-refractivity contribution in [2.75, 3.05) is 17.5 Å². The Balaban J connectivity index is 1.45. The molecule has 3 unspecified atom stereocenters. The Morgan fingerprint density at radius 1 is 0.677 bits per heavy atom. The van der Waals surface area contributed by atoms with Crippen LogP contribution in [0.25, 0.3) is 0 Å². The average molecular weight is 926 g/mol. The summed E-state index contributed by atoms with van der Waals surface area (Å²) in [5.74, 6) is -2.72. The average Bonchev–Trinajstić information content (AvgIpc) is 3.57. The molecule has 9 nitrogen and oxygen atoms in total. The van der Waals surface area contributed by atoms with Gasteiger partial charge < -0.3 is 23.5 Å². The zero-order chi connectivity index (χ0) is 46.8. The molecule has 0 spiro atoms. The summed E-state index contributed by atoms with van der Waals surface area (Å²) in [6.45, 7) is 15.7. The fourth-order valence-corrected chi connectivity index (χ4v) is 20.4. The molecule has 12 heteroatoms. The van der Waals surface area contributed by atoms with E-state index in [9.17, 15) is 23.1 Å². The largest absolute Gasteiger partial charge is 0.426 e. The Hall–Kier alpha value is -5.48. The number of ether oxygens (including phenoxy) is 1. The first kappa shape index (κ1) is 47.5. The molecule has 3 atom stereocenters. The van der Waals surface area contributed by atoms with Gasteiger partial charge in [0.2, 0.25) is 0 Å². The van der Waals surface area contributed by atoms with Gasteiger partial charge in [0.1, 0.15) is 12.0 Å². The van der Waals surface area contributed by atoms with E-state index in [1.807, 2.05) is 79.7 Å². The van der Waals surface area contributed by atoms with Crippen molar-refractivity contribution in [2.24, 2.45) is 0 Å². The van der Waals surface area contributed by atoms with Gasteiger partial charge in [0.05, 0.1) is 22.4 Å². The molecule has 0 radical (unpaired) electrons. The molecular weight excluding hydrogens is 867 g/mol. The highest BCUT2D eigenvalue weighted by Gasteiger charge is 2.54. The molecule has 0 amide bonds. The van der Waals surface area contributed by atoms with E-state index in [0.717, 1.165) is 36.9 Å². The minimum atomic E-state index is -4.43. The monoisotopic (exact) mass is 925 g/mol. The number of aliphatic hydroxyl groups is 1. The first-order valence-corrected chi connectivity index (χ1v) is 27.2. The van der Waals surface area contributed by atoms with Crippen LogP contribution in [0.15, 0.2) is 163 Å². The maximum Gasteiger partial charge on any atom is 0.308 e. The number of sulfonamides is 1. The van der Waals surface area contributed by atoms with E-state index in [0.29, 0.717) is 5.56 Å². The maximum absolute atomic E-state index is 14.9. The Kier molecular flexibility index (Phi) is 13.7. The first-order chi connectivity index (χ1) is 30.9. The van der Waals surface area contributed by atoms with E-state index in [-0.39, 0.29) is 35.1 Å². The number of hydrogen-bond acceptors (Lipinski definition) is 8. The fourth-order valence-electron chi connectivity index (χ4n) is 9.68. The molecule has 7 rings (SSSR count). The number of carbonyl (C=O) groups is 2. The summed E-state index contributed by atoms with van der Waals surface area (Å²) >= 11 is 0. The third-order valence-electron chi connectivity index (χ3n) is 12.6. The number of nitrogens with zero attached hydrogens (tertiary/aromatic N) is 1. The normalized spacial score (nSPS) is 16.2. The van der Waals surface area contributed by atoms with Gasteiger partial charge in [-0.15, -0.1) is 0 Å². The van der Waals surface area contributed by atoms with E-state index in [1.54, 1.807) is 18.2 Å². The van der Waals surface area contributed by atoms with Crippen molar-refractivity contribution in [3.63, 3.8) is 0 Å². The van der Waals surface area contributed by atoms with Crippen LogP contribution in [-0.4, -0.2) is 61.9 Å². The first-order valence-electron chi connectivity index (χ1n) is 22.0. The van der Waals surface area contributed by atoms with Gasteiger partial charge in [-0.25, -0.2) is 12.7 Å². The molecule has 0 aliphatic carbocycles. The highest BCUT2D eigenvalue weighted by Crippen LogP contribution is 2.51. The second kappa shape index (κ2) is 18.8. The lowest BCUT2D eigenvalue weighted by Gasteiger charge is -2.44. The van der Waals surface area contributed by atoms with Gasteiger partial charge in [-0.05, 0) is 67.6 Å². The van der Waals surface area contributed by atoms with Crippen molar-refractivity contribution in [3.8, 4) is 5.75 Å². The number of esters is 1. The summed E-state index contributed by atoms with van der Waals surface area (Å²) in [7, 11) is -11.0. The van der Waals surface area contributed by atoms with Crippen molar-refractivity contribution in [3.05, 3.63) is 174 Å². The zero-order valence-corrected chi connectivity index (χ0v) is 41.2. The standard InChI is InChI=1S/C53H59NO8SSi2/c1-38-29-31-41(32-30-38)63(58,59)54-47-33-34-48(62-39(2)56)49(40(35-55)36-60-64(52(3,4)5,42-21-13-9-14-22-42)43-23-15-10-16-24-43)50(47)46(51(54)57)37-61-65(53(6,7)8,44-25-17-11-18-26-44)45-27-19-12-20-28-45/h9-35,40,46,51,57H,36-37H2,1-8H3. The SMILES string of the molecule is CC(=O)Oc1ccc2c(c1C(C=O)CO[Si](c1ccccc1)(c1ccccc1)C(C)(C)C)C(CO[Si](c1ccccc1)(c1ccccc1)C(C)(C)C)C(O)N2S(=O)(=O)c1ccc(C)cc1. The maximum atomic E-state index is 14.9. The number of anilines is 1. The van der Waals surface area contributed by atoms with Gasteiger partial charge >= 0.3 is 5.97 Å². The molecule has 6 aromatic carbocycles. The molecule has 0 fully saturated rings. The molecule has 0 aromatic heterocycles. The van der Waals surface area contributed by atoms with Crippen molar-refractivity contribution in [1.29, 1.82) is 0 Å². The van der Waals surface area contributed by atoms with E-state index >= 15 is 0 Å². The van der Waals surface area contributed by atoms with Gasteiger partial charge in [-0.1, -0.05) is 181 Å². The number of aldehydes is 1. The van der Waals surface area contributed by atoms with E-state index in [2.05, 4.69) is 90.1 Å². The summed E-state index contributed by atoms with van der Waals surface area (Å²) in [5.41, 5.74) is 1.60. The fraction of sp³-hybridized carbons (Fsp3) is 0.283. The van der Waals surface area contributed by atoms with E-state index in [4.69, 9.17) is 13.6 Å². The number of hydrogen-bond donors (Lipinski definition) is 1. The third-order valence-corrected chi connectivity index (χ3v) is 24.4. The Bertz CT molecular complexity index is 2630. The lowest BCUT2D eigenvalue weighted by Crippen LogP contribution is -2.67. The molecule has 1 aliphatic heterocycles. The molecule has 0 saturated heterocycles. The summed E-state index contributed by atoms with van der Waals surface area (Å²) < 4.78 is 51.6. The van der Waals surface area contributed by atoms with Crippen LogP contribution >= 0.6 is 0 Å². The number of aryl methyl sites for hydroxylation is 1. The van der Waals surface area contributed by atoms with Gasteiger partial charge in [0, 0.05) is 25.7 Å². The van der Waals surface area contributed by atoms with Crippen LogP contribution in [0.5, 0.6) is 5.75 Å². The Labute approximate surface area is 386 Å². The molecule has 1 aliphatic rings. The van der Waals surface area contributed by atoms with Crippen LogP contribution in [-0.2, 0) is 28.5 Å². The third kappa shape index (κ3) is 8.83. The molecule has 1 N–H and O–H groups in total. The smallest absolute Gasteiger partial charge is 0.308 e. The van der Waals surface area contributed by atoms with Crippen molar-refractivity contribution >= 4 is 65.3 Å².